The Labute approximate surface area is 158 Å². The second-order valence-electron chi connectivity index (χ2n) is 6.28. The molecule has 0 rings (SSSR count). The van der Waals surface area contributed by atoms with Crippen LogP contribution in [0.2, 0.25) is 0 Å². The summed E-state index contributed by atoms with van der Waals surface area (Å²) in [5.74, 6) is 0. The van der Waals surface area contributed by atoms with Gasteiger partial charge in [0.25, 0.3) is 10.1 Å². The first kappa shape index (κ1) is 25.5. The van der Waals surface area contributed by atoms with Gasteiger partial charge in [0.05, 0.1) is 12.9 Å². The van der Waals surface area contributed by atoms with Gasteiger partial charge in [0.1, 0.15) is 18.3 Å². The molecule has 0 N–H and O–H groups in total. The van der Waals surface area contributed by atoms with Gasteiger partial charge in [0.15, 0.2) is 6.29 Å². The molecular weight excluding hydrogens is 360 g/mol. The topological polar surface area (TPSA) is 88.1 Å². The van der Waals surface area contributed by atoms with Crippen molar-refractivity contribution in [1.29, 1.82) is 0 Å². The van der Waals surface area contributed by atoms with E-state index in [1.807, 2.05) is 20.8 Å². The molecule has 0 aromatic heterocycles. The van der Waals surface area contributed by atoms with E-state index in [1.165, 1.54) is 0 Å². The number of hydrogen-bond donors (Lipinski definition) is 0. The highest BCUT2D eigenvalue weighted by Gasteiger charge is 2.34. The maximum absolute atomic E-state index is 11.7. The van der Waals surface area contributed by atoms with Crippen LogP contribution in [0.15, 0.2) is 0 Å². The summed E-state index contributed by atoms with van der Waals surface area (Å²) in [6, 6.07) is 0. The fourth-order valence-electron chi connectivity index (χ4n) is 2.20. The second-order valence-corrected chi connectivity index (χ2v) is 7.88. The minimum Gasteiger partial charge on any atom is -0.379 e. The van der Waals surface area contributed by atoms with E-state index in [9.17, 15) is 13.2 Å². The van der Waals surface area contributed by atoms with Gasteiger partial charge in [-0.1, -0.05) is 40.0 Å². The highest BCUT2D eigenvalue weighted by atomic mass is 32.2. The number of ether oxygens (including phenoxy) is 3. The smallest absolute Gasteiger partial charge is 0.264 e. The molecular formula is C18H36O7S. The highest BCUT2D eigenvalue weighted by molar-refractivity contribution is 7.86. The summed E-state index contributed by atoms with van der Waals surface area (Å²) in [5.41, 5.74) is 0. The van der Waals surface area contributed by atoms with Crippen LogP contribution >= 0.6 is 0 Å². The molecule has 0 aliphatic carbocycles. The van der Waals surface area contributed by atoms with Gasteiger partial charge < -0.3 is 19.0 Å². The van der Waals surface area contributed by atoms with Crippen molar-refractivity contribution in [2.45, 2.75) is 77.6 Å². The van der Waals surface area contributed by atoms with Crippen LogP contribution in [0.1, 0.15) is 59.3 Å². The van der Waals surface area contributed by atoms with Gasteiger partial charge in [-0.2, -0.15) is 8.42 Å². The van der Waals surface area contributed by atoms with Crippen molar-refractivity contribution in [3.8, 4) is 0 Å². The molecule has 3 atom stereocenters. The summed E-state index contributed by atoms with van der Waals surface area (Å²) in [6.45, 7) is 7.37. The van der Waals surface area contributed by atoms with Gasteiger partial charge >= 0.3 is 0 Å². The zero-order valence-corrected chi connectivity index (χ0v) is 17.5. The Morgan fingerprint density at radius 3 is 1.92 bits per heavy atom. The Balaban J connectivity index is 5.19. The minimum absolute atomic E-state index is 0.0192. The molecule has 0 amide bonds. The lowest BCUT2D eigenvalue weighted by molar-refractivity contribution is -0.146. The molecule has 8 heteroatoms. The molecule has 0 saturated heterocycles. The largest absolute Gasteiger partial charge is 0.379 e. The first-order chi connectivity index (χ1) is 12.4. The lowest BCUT2D eigenvalue weighted by atomic mass is 10.1. The van der Waals surface area contributed by atoms with Crippen LogP contribution in [-0.4, -0.2) is 65.7 Å². The van der Waals surface area contributed by atoms with E-state index < -0.39 is 28.4 Å². The van der Waals surface area contributed by atoms with Gasteiger partial charge in [0.2, 0.25) is 0 Å². The lowest BCUT2D eigenvalue weighted by Gasteiger charge is -2.30. The highest BCUT2D eigenvalue weighted by Crippen LogP contribution is 2.16. The van der Waals surface area contributed by atoms with Crippen molar-refractivity contribution >= 4 is 16.4 Å². The predicted octanol–water partition coefficient (Wildman–Crippen LogP) is 2.72. The van der Waals surface area contributed by atoms with E-state index in [2.05, 4.69) is 0 Å². The van der Waals surface area contributed by atoms with Crippen molar-refractivity contribution in [1.82, 2.24) is 0 Å². The number of hydrogen-bond acceptors (Lipinski definition) is 7. The summed E-state index contributed by atoms with van der Waals surface area (Å²) in [4.78, 5) is 11.6. The Bertz CT molecular complexity index is 439. The van der Waals surface area contributed by atoms with Gasteiger partial charge in [-0.05, 0) is 19.3 Å². The molecule has 0 heterocycles. The van der Waals surface area contributed by atoms with Crippen LogP contribution in [0, 0.1) is 0 Å². The van der Waals surface area contributed by atoms with Crippen LogP contribution in [0.4, 0.5) is 0 Å². The molecule has 0 aromatic rings. The van der Waals surface area contributed by atoms with E-state index in [1.54, 1.807) is 0 Å². The molecule has 0 aliphatic heterocycles. The average molecular weight is 397 g/mol. The van der Waals surface area contributed by atoms with Crippen molar-refractivity contribution in [2.24, 2.45) is 0 Å². The average Bonchev–Trinajstić information content (AvgIpc) is 2.58. The number of carbonyl (C=O) groups excluding carboxylic acids is 1. The van der Waals surface area contributed by atoms with Crippen molar-refractivity contribution in [3.63, 3.8) is 0 Å². The fourth-order valence-corrected chi connectivity index (χ4v) is 2.81. The number of unbranched alkanes of at least 4 members (excludes halogenated alkanes) is 3. The first-order valence-electron chi connectivity index (χ1n) is 9.54. The zero-order valence-electron chi connectivity index (χ0n) is 16.6. The van der Waals surface area contributed by atoms with Crippen LogP contribution in [0.3, 0.4) is 0 Å². The lowest BCUT2D eigenvalue weighted by Crippen LogP contribution is -2.47. The molecule has 26 heavy (non-hydrogen) atoms. The van der Waals surface area contributed by atoms with Crippen LogP contribution < -0.4 is 0 Å². The van der Waals surface area contributed by atoms with Crippen molar-refractivity contribution in [3.05, 3.63) is 0 Å². The van der Waals surface area contributed by atoms with Gasteiger partial charge in [0, 0.05) is 19.8 Å². The van der Waals surface area contributed by atoms with E-state index in [4.69, 9.17) is 18.4 Å². The Morgan fingerprint density at radius 2 is 1.42 bits per heavy atom. The SMILES string of the molecule is CCCCOC[C@H](OS(C)(=O)=O)[C@@H](OCCCC)[C@@H](C=O)OCCCC. The van der Waals surface area contributed by atoms with Crippen LogP contribution in [0.25, 0.3) is 0 Å². The quantitative estimate of drug-likeness (QED) is 0.200. The Kier molecular flexibility index (Phi) is 15.2. The summed E-state index contributed by atoms with van der Waals surface area (Å²) in [7, 11) is -3.74. The molecule has 156 valence electrons. The molecule has 7 nitrogen and oxygen atoms in total. The third kappa shape index (κ3) is 12.8. The van der Waals surface area contributed by atoms with Crippen molar-refractivity contribution in [2.75, 3.05) is 32.7 Å². The second kappa shape index (κ2) is 15.5. The van der Waals surface area contributed by atoms with Gasteiger partial charge in [-0.3, -0.25) is 4.18 Å². The normalized spacial score (nSPS) is 15.5. The molecule has 0 unspecified atom stereocenters. The van der Waals surface area contributed by atoms with Crippen LogP contribution in [0.5, 0.6) is 0 Å². The number of carbonyl (C=O) groups is 1. The van der Waals surface area contributed by atoms with Gasteiger partial charge in [-0.25, -0.2) is 0 Å². The third-order valence-corrected chi connectivity index (χ3v) is 4.26. The van der Waals surface area contributed by atoms with Crippen LogP contribution in [-0.2, 0) is 33.3 Å². The molecule has 0 spiro atoms. The molecule has 0 bridgehead atoms. The summed E-state index contributed by atoms with van der Waals surface area (Å²) < 4.78 is 45.5. The fraction of sp³-hybridized carbons (Fsp3) is 0.944. The molecule has 0 aliphatic rings. The summed E-state index contributed by atoms with van der Waals surface area (Å²) in [5, 5.41) is 0. The number of aldehydes is 1. The van der Waals surface area contributed by atoms with E-state index in [0.717, 1.165) is 44.8 Å². The maximum Gasteiger partial charge on any atom is 0.264 e. The number of rotatable bonds is 18. The third-order valence-electron chi connectivity index (χ3n) is 3.66. The monoisotopic (exact) mass is 396 g/mol. The van der Waals surface area contributed by atoms with E-state index in [-0.39, 0.29) is 6.61 Å². The maximum atomic E-state index is 11.7. The minimum atomic E-state index is -3.74. The van der Waals surface area contributed by atoms with Crippen molar-refractivity contribution < 1.29 is 31.6 Å². The Hall–Kier alpha value is -0.540. The predicted molar refractivity (Wildman–Crippen MR) is 101 cm³/mol. The molecule has 0 radical (unpaired) electrons. The summed E-state index contributed by atoms with van der Waals surface area (Å²) >= 11 is 0. The van der Waals surface area contributed by atoms with E-state index >= 15 is 0 Å². The first-order valence-corrected chi connectivity index (χ1v) is 11.4. The van der Waals surface area contributed by atoms with Gasteiger partial charge in [-0.15, -0.1) is 0 Å². The summed E-state index contributed by atoms with van der Waals surface area (Å²) in [6.07, 6.45) is 4.21. The Morgan fingerprint density at radius 1 is 0.885 bits per heavy atom. The molecule has 0 aromatic carbocycles. The molecule has 0 fully saturated rings. The zero-order chi connectivity index (χ0) is 19.8. The molecule has 0 saturated carbocycles. The standard InChI is InChI=1S/C18H36O7S/c1-5-8-11-22-15-17(25-26(4,20)21)18(24-13-10-7-3)16(14-19)23-12-9-6-2/h14,16-18H,5-13,15H2,1-4H3/t16-,17+,18+/m1/s1. The van der Waals surface area contributed by atoms with E-state index in [0.29, 0.717) is 26.1 Å².